The summed E-state index contributed by atoms with van der Waals surface area (Å²) in [5.41, 5.74) is 0. The van der Waals surface area contributed by atoms with Crippen molar-refractivity contribution in [2.24, 2.45) is 11.8 Å². The molecule has 24 heavy (non-hydrogen) atoms. The molecule has 0 aromatic heterocycles. The Bertz CT molecular complexity index is 452. The lowest BCUT2D eigenvalue weighted by molar-refractivity contribution is -0.0335. The van der Waals surface area contributed by atoms with Gasteiger partial charge in [0.15, 0.2) is 0 Å². The van der Waals surface area contributed by atoms with E-state index in [1.54, 1.807) is 14.2 Å². The SMILES string of the molecule is COC[C@H]1C[C@@H](C)[C@H](OP(=O)(S)OC[C@H]2O[C@@H](C)C[C@@H]2OC)[C@@H]1O. The van der Waals surface area contributed by atoms with Gasteiger partial charge in [0.1, 0.15) is 6.10 Å². The fourth-order valence-corrected chi connectivity index (χ4v) is 5.13. The second-order valence-electron chi connectivity index (χ2n) is 6.75. The maximum atomic E-state index is 12.5. The highest BCUT2D eigenvalue weighted by Gasteiger charge is 2.44. The van der Waals surface area contributed by atoms with Crippen molar-refractivity contribution in [1.29, 1.82) is 0 Å². The fraction of sp³-hybridized carbons (Fsp3) is 1.00. The van der Waals surface area contributed by atoms with Crippen molar-refractivity contribution in [2.45, 2.75) is 57.2 Å². The second kappa shape index (κ2) is 8.82. The van der Waals surface area contributed by atoms with Gasteiger partial charge in [-0.15, -0.1) is 0 Å². The third kappa shape index (κ3) is 5.17. The quantitative estimate of drug-likeness (QED) is 0.491. The van der Waals surface area contributed by atoms with Crippen LogP contribution < -0.4 is 0 Å². The zero-order valence-corrected chi connectivity index (χ0v) is 16.4. The fourth-order valence-electron chi connectivity index (χ4n) is 3.57. The van der Waals surface area contributed by atoms with Crippen LogP contribution in [-0.2, 0) is 27.8 Å². The molecule has 1 saturated carbocycles. The van der Waals surface area contributed by atoms with E-state index in [-0.39, 0.29) is 36.8 Å². The smallest absolute Gasteiger partial charge is 0.386 e. The number of thiol groups is 1. The van der Waals surface area contributed by atoms with Crippen LogP contribution in [0.25, 0.3) is 0 Å². The van der Waals surface area contributed by atoms with Crippen LogP contribution in [0, 0.1) is 11.8 Å². The molecule has 1 saturated heterocycles. The van der Waals surface area contributed by atoms with Crippen molar-refractivity contribution in [3.8, 4) is 0 Å². The molecule has 0 aromatic rings. The molecular formula is C15H29O7PS. The molecule has 142 valence electrons. The highest BCUT2D eigenvalue weighted by molar-refractivity contribution is 8.44. The Morgan fingerprint density at radius 3 is 2.58 bits per heavy atom. The number of aliphatic hydroxyl groups excluding tert-OH is 1. The number of rotatable bonds is 8. The molecule has 2 fully saturated rings. The van der Waals surface area contributed by atoms with Crippen molar-refractivity contribution >= 4 is 19.0 Å². The Morgan fingerprint density at radius 2 is 1.96 bits per heavy atom. The van der Waals surface area contributed by atoms with Gasteiger partial charge in [0.05, 0.1) is 37.6 Å². The van der Waals surface area contributed by atoms with Gasteiger partial charge in [-0.05, 0) is 19.3 Å². The Kier molecular flexibility index (Phi) is 7.59. The number of methoxy groups -OCH3 is 2. The van der Waals surface area contributed by atoms with E-state index in [1.807, 2.05) is 13.8 Å². The number of hydrogen-bond donors (Lipinski definition) is 2. The van der Waals surface area contributed by atoms with Crippen LogP contribution in [0.2, 0.25) is 0 Å². The lowest BCUT2D eigenvalue weighted by Gasteiger charge is -2.25. The third-order valence-electron chi connectivity index (χ3n) is 4.78. The molecule has 0 spiro atoms. The average Bonchev–Trinajstić information content (AvgIpc) is 3.00. The Labute approximate surface area is 149 Å². The maximum Gasteiger partial charge on any atom is 0.386 e. The van der Waals surface area contributed by atoms with Gasteiger partial charge in [0, 0.05) is 26.6 Å². The van der Waals surface area contributed by atoms with Crippen molar-refractivity contribution in [2.75, 3.05) is 27.4 Å². The molecule has 1 aliphatic heterocycles. The van der Waals surface area contributed by atoms with E-state index in [4.69, 9.17) is 23.3 Å². The van der Waals surface area contributed by atoms with E-state index in [0.29, 0.717) is 6.61 Å². The van der Waals surface area contributed by atoms with Crippen molar-refractivity contribution < 1.29 is 32.9 Å². The van der Waals surface area contributed by atoms with Gasteiger partial charge in [-0.1, -0.05) is 19.2 Å². The number of aliphatic hydroxyl groups is 1. The van der Waals surface area contributed by atoms with Gasteiger partial charge in [0.2, 0.25) is 0 Å². The molecule has 9 heteroatoms. The molecule has 2 rings (SSSR count). The van der Waals surface area contributed by atoms with Gasteiger partial charge in [-0.2, -0.15) is 0 Å². The van der Waals surface area contributed by atoms with E-state index in [2.05, 4.69) is 12.2 Å². The van der Waals surface area contributed by atoms with E-state index in [9.17, 15) is 9.67 Å². The Balaban J connectivity index is 1.88. The average molecular weight is 384 g/mol. The molecule has 1 N–H and O–H groups in total. The van der Waals surface area contributed by atoms with Crippen molar-refractivity contribution in [3.63, 3.8) is 0 Å². The summed E-state index contributed by atoms with van der Waals surface area (Å²) in [5, 5.41) is 10.3. The van der Waals surface area contributed by atoms with Gasteiger partial charge < -0.3 is 19.3 Å². The third-order valence-corrected chi connectivity index (χ3v) is 6.40. The molecule has 1 unspecified atom stereocenters. The molecule has 7 nitrogen and oxygen atoms in total. The van der Waals surface area contributed by atoms with E-state index >= 15 is 0 Å². The van der Waals surface area contributed by atoms with E-state index in [0.717, 1.165) is 12.8 Å². The predicted octanol–water partition coefficient (Wildman–Crippen LogP) is 2.28. The van der Waals surface area contributed by atoms with Crippen LogP contribution in [0.5, 0.6) is 0 Å². The largest absolute Gasteiger partial charge is 0.390 e. The second-order valence-corrected chi connectivity index (χ2v) is 9.62. The van der Waals surface area contributed by atoms with Crippen molar-refractivity contribution in [1.82, 2.24) is 0 Å². The summed E-state index contributed by atoms with van der Waals surface area (Å²) < 4.78 is 39.6. The zero-order chi connectivity index (χ0) is 17.9. The van der Waals surface area contributed by atoms with Gasteiger partial charge >= 0.3 is 6.80 Å². The number of ether oxygens (including phenoxy) is 3. The maximum absolute atomic E-state index is 12.5. The topological polar surface area (TPSA) is 83.5 Å². The summed E-state index contributed by atoms with van der Waals surface area (Å²) in [6, 6.07) is 0. The summed E-state index contributed by atoms with van der Waals surface area (Å²) in [6.07, 6.45) is -0.178. The van der Waals surface area contributed by atoms with Gasteiger partial charge in [-0.3, -0.25) is 9.05 Å². The molecule has 0 bridgehead atoms. The molecule has 0 aromatic carbocycles. The first-order valence-corrected chi connectivity index (χ1v) is 11.0. The first kappa shape index (κ1) is 20.6. The molecule has 2 aliphatic rings. The lowest BCUT2D eigenvalue weighted by Crippen LogP contribution is -2.32. The highest BCUT2D eigenvalue weighted by atomic mass is 32.7. The van der Waals surface area contributed by atoms with Crippen LogP contribution in [0.3, 0.4) is 0 Å². The summed E-state index contributed by atoms with van der Waals surface area (Å²) in [7, 11) is 3.20. The van der Waals surface area contributed by atoms with E-state index in [1.165, 1.54) is 0 Å². The minimum absolute atomic E-state index is 0.0405. The first-order chi connectivity index (χ1) is 11.3. The number of hydrogen-bond acceptors (Lipinski definition) is 7. The van der Waals surface area contributed by atoms with Gasteiger partial charge in [0.25, 0.3) is 0 Å². The van der Waals surface area contributed by atoms with Crippen LogP contribution in [0.4, 0.5) is 0 Å². The van der Waals surface area contributed by atoms with Crippen LogP contribution in [-0.4, -0.2) is 63.1 Å². The first-order valence-electron chi connectivity index (χ1n) is 8.28. The Morgan fingerprint density at radius 1 is 1.25 bits per heavy atom. The summed E-state index contributed by atoms with van der Waals surface area (Å²) in [6.45, 7) is 0.794. The van der Waals surface area contributed by atoms with Crippen LogP contribution in [0.15, 0.2) is 0 Å². The summed E-state index contributed by atoms with van der Waals surface area (Å²) in [5.74, 6) is -0.000999. The summed E-state index contributed by atoms with van der Waals surface area (Å²) >= 11 is 4.05. The molecule has 0 radical (unpaired) electrons. The minimum atomic E-state index is -3.61. The molecule has 8 atom stereocenters. The van der Waals surface area contributed by atoms with Crippen LogP contribution >= 0.6 is 19.0 Å². The van der Waals surface area contributed by atoms with Crippen molar-refractivity contribution in [3.05, 3.63) is 0 Å². The monoisotopic (exact) mass is 384 g/mol. The lowest BCUT2D eigenvalue weighted by atomic mass is 10.1. The van der Waals surface area contributed by atoms with Crippen LogP contribution in [0.1, 0.15) is 26.7 Å². The molecule has 0 amide bonds. The summed E-state index contributed by atoms with van der Waals surface area (Å²) in [4.78, 5) is 0. The Hall–Kier alpha value is 0.340. The molecular weight excluding hydrogens is 355 g/mol. The standard InChI is InChI=1S/C15H29O7PS/c1-9-5-11(7-18-3)14(16)15(9)22-23(17,24)20-8-13-12(19-4)6-10(2)21-13/h9-16H,5-8H2,1-4H3,(H,17,24)/t9-,10+,11-,12+,13-,14-,15+,23?/m1/s1. The molecule has 1 heterocycles. The minimum Gasteiger partial charge on any atom is -0.390 e. The zero-order valence-electron chi connectivity index (χ0n) is 14.7. The van der Waals surface area contributed by atoms with E-state index < -0.39 is 19.0 Å². The predicted molar refractivity (Wildman–Crippen MR) is 92.3 cm³/mol. The highest BCUT2D eigenvalue weighted by Crippen LogP contribution is 2.57. The molecule has 1 aliphatic carbocycles. The normalized spacial score (nSPS) is 42.3. The van der Waals surface area contributed by atoms with Gasteiger partial charge in [-0.25, -0.2) is 4.57 Å².